The normalized spacial score (nSPS) is 11.8. The average molecular weight is 888 g/mol. The molecule has 0 heterocycles. The van der Waals surface area contributed by atoms with Crippen LogP contribution in [-0.4, -0.2) is 220 Å². The van der Waals surface area contributed by atoms with E-state index in [0.717, 1.165) is 0 Å². The summed E-state index contributed by atoms with van der Waals surface area (Å²) in [6.45, 7) is 0. The summed E-state index contributed by atoms with van der Waals surface area (Å²) < 4.78 is 0. The Morgan fingerprint density at radius 2 is 0.236 bits per heavy atom. The highest BCUT2D eigenvalue weighted by Gasteiger charge is 2.32. The molecule has 0 saturated heterocycles. The van der Waals surface area contributed by atoms with Crippen LogP contribution in [0.2, 0.25) is 0 Å². The second-order valence-electron chi connectivity index (χ2n) is 23.5. The van der Waals surface area contributed by atoms with Crippen molar-refractivity contribution in [1.29, 1.82) is 0 Å². The molecule has 0 spiro atoms. The molecule has 0 fully saturated rings. The molecule has 0 saturated carbocycles. The lowest BCUT2D eigenvalue weighted by Crippen LogP contribution is -2.53. The second kappa shape index (κ2) is 17.9. The Hall–Kier alpha value is -3.90. The third kappa shape index (κ3) is 6.72. The van der Waals surface area contributed by atoms with Crippen LogP contribution in [0.25, 0.3) is 87.2 Å². The molecule has 9 aromatic rings. The van der Waals surface area contributed by atoms with Gasteiger partial charge in [0.1, 0.15) is 220 Å². The van der Waals surface area contributed by atoms with Gasteiger partial charge >= 0.3 is 0 Å². The quantitative estimate of drug-likeness (QED) is 0.0942. The third-order valence-corrected chi connectivity index (χ3v) is 21.2. The lowest BCUT2D eigenvalue weighted by atomic mass is 9.55. The summed E-state index contributed by atoms with van der Waals surface area (Å²) in [5.74, 6) is 0. The fraction of sp³-hybridized carbons (Fsp3) is 0. The Balaban J connectivity index is 1.65. The van der Waals surface area contributed by atoms with Crippen molar-refractivity contribution in [3.63, 3.8) is 0 Å². The van der Waals surface area contributed by atoms with Gasteiger partial charge in [0.15, 0.2) is 0 Å². The van der Waals surface area contributed by atoms with Crippen LogP contribution < -0.4 is 153 Å². The summed E-state index contributed by atoms with van der Waals surface area (Å²) in [5.41, 5.74) is 47.8. The predicted molar refractivity (Wildman–Crippen MR) is 419 cm³/mol. The number of rotatable bonds is 3. The number of hydrogen-bond donors (Lipinski definition) is 0. The van der Waals surface area contributed by atoms with Gasteiger partial charge in [-0.3, -0.25) is 0 Å². The van der Waals surface area contributed by atoms with E-state index in [9.17, 15) is 0 Å². The van der Waals surface area contributed by atoms with Crippen molar-refractivity contribution < 1.29 is 0 Å². The second-order valence-corrected chi connectivity index (χ2v) is 23.5. The maximum Gasteiger partial charge on any atom is 0.140 e. The van der Waals surface area contributed by atoms with Gasteiger partial charge < -0.3 is 0 Å². The molecule has 0 amide bonds. The Kier molecular flexibility index (Phi) is 13.1. The molecular formula is C44H56B28. The molecular weight excluding hydrogens is 831 g/mol. The van der Waals surface area contributed by atoms with E-state index in [1.54, 1.807) is 0 Å². The molecule has 72 heavy (non-hydrogen) atoms. The van der Waals surface area contributed by atoms with Crippen LogP contribution in [0.3, 0.4) is 0 Å². The first kappa shape index (κ1) is 52.9. The average Bonchev–Trinajstić information content (AvgIpc) is 3.35. The summed E-state index contributed by atoms with van der Waals surface area (Å²) in [6.07, 6.45) is 0. The maximum absolute atomic E-state index is 2.50. The van der Waals surface area contributed by atoms with E-state index in [2.05, 4.69) is 220 Å². The molecule has 0 unspecified atom stereocenters. The van der Waals surface area contributed by atoms with Gasteiger partial charge in [-0.25, -0.2) is 0 Å². The van der Waals surface area contributed by atoms with Crippen molar-refractivity contribution in [1.82, 2.24) is 0 Å². The molecule has 0 radical (unpaired) electrons. The Bertz CT molecular complexity index is 4030. The van der Waals surface area contributed by atoms with Crippen LogP contribution in [0.4, 0.5) is 0 Å². The Morgan fingerprint density at radius 3 is 0.556 bits per heavy atom. The summed E-state index contributed by atoms with van der Waals surface area (Å²) in [6, 6.07) is 0. The highest BCUT2D eigenvalue weighted by Crippen LogP contribution is 2.41. The molecule has 28 heteroatoms. The zero-order valence-corrected chi connectivity index (χ0v) is 50.0. The summed E-state index contributed by atoms with van der Waals surface area (Å²) in [5, 5.41) is 14.3. The predicted octanol–water partition coefficient (Wildman–Crippen LogP) is -36.3. The highest BCUT2D eigenvalue weighted by atomic mass is 14.3. The van der Waals surface area contributed by atoms with E-state index in [1.165, 1.54) is 240 Å². The topological polar surface area (TPSA) is 0 Å². The maximum atomic E-state index is 2.50. The van der Waals surface area contributed by atoms with Crippen molar-refractivity contribution in [2.75, 3.05) is 0 Å². The van der Waals surface area contributed by atoms with E-state index in [-0.39, 0.29) is 0 Å². The van der Waals surface area contributed by atoms with Gasteiger partial charge in [0.05, 0.1) is 0 Å². The van der Waals surface area contributed by atoms with Gasteiger partial charge in [-0.1, -0.05) is 87.4 Å². The van der Waals surface area contributed by atoms with Gasteiger partial charge in [-0.15, -0.1) is 65.6 Å². The van der Waals surface area contributed by atoms with Crippen LogP contribution in [-0.2, 0) is 0 Å². The third-order valence-electron chi connectivity index (χ3n) is 21.2. The number of fused-ring (bicyclic) bond motifs is 6. The van der Waals surface area contributed by atoms with Gasteiger partial charge in [-0.2, -0.15) is 0 Å². The summed E-state index contributed by atoms with van der Waals surface area (Å²) >= 11 is 0. The van der Waals surface area contributed by atoms with E-state index in [0.29, 0.717) is 0 Å². The van der Waals surface area contributed by atoms with Crippen molar-refractivity contribution in [2.45, 2.75) is 0 Å². The molecule has 0 atom stereocenters. The monoisotopic (exact) mass is 893 g/mol. The van der Waals surface area contributed by atoms with Gasteiger partial charge in [0.25, 0.3) is 0 Å². The minimum atomic E-state index is 1.39. The summed E-state index contributed by atoms with van der Waals surface area (Å²) in [4.78, 5) is 0. The van der Waals surface area contributed by atoms with E-state index < -0.39 is 0 Å². The molecule has 0 aromatic heterocycles. The minimum Gasteiger partial charge on any atom is -0.101 e. The number of benzene rings is 9. The van der Waals surface area contributed by atoms with E-state index in [4.69, 9.17) is 0 Å². The standard InChI is InChI=1S/C44H56B28/c45-17-10(8-9(25(53)40(68)39(67)24(8)52)12-15(17)30(58)43(71)42(70)27(12)55)14-18(46)13(28(56)34(62)29(14)57)2-6-3(20(48)35(63)37(65)22(6)50)1(4-7(2)23(51)38(66)36(64)21(4)49)5-11-16(31(59)33(61)19(5)47)32(60)44(72)41(69)26(11)54/h45-72H2. The minimum absolute atomic E-state index is 1.39. The fourth-order valence-electron chi connectivity index (χ4n) is 14.6. The fourth-order valence-corrected chi connectivity index (χ4v) is 14.6. The SMILES string of the molecule is Bc1c(B)c(-c2c3c(B)c(B)c(B)c(B)c3c(-c3c(B)c(B)c(B)c4c(B)c(B)c(B)c(B)c34)c3c(B)c(B)c(B)c(B)c23)c(B)c(-c2c(B)c3c(B)c(B)c(B)c(B)c3c3c(B)c(B)c(B)c(B)c23)c1B. The highest BCUT2D eigenvalue weighted by molar-refractivity contribution is 6.78. The molecule has 9 rings (SSSR count). The van der Waals surface area contributed by atoms with Crippen molar-refractivity contribution in [3.05, 3.63) is 0 Å². The van der Waals surface area contributed by atoms with Crippen molar-refractivity contribution in [2.24, 2.45) is 0 Å². The lowest BCUT2D eigenvalue weighted by molar-refractivity contribution is 1.83. The molecule has 0 aliphatic rings. The zero-order chi connectivity index (χ0) is 53.4. The smallest absolute Gasteiger partial charge is 0.101 e. The number of hydrogen-bond acceptors (Lipinski definition) is 0. The van der Waals surface area contributed by atoms with Gasteiger partial charge in [0.2, 0.25) is 0 Å². The van der Waals surface area contributed by atoms with Gasteiger partial charge in [-0.05, 0) is 87.2 Å². The largest absolute Gasteiger partial charge is 0.140 e. The van der Waals surface area contributed by atoms with Crippen molar-refractivity contribution in [3.8, 4) is 33.4 Å². The van der Waals surface area contributed by atoms with Crippen LogP contribution in [0, 0.1) is 0 Å². The zero-order valence-electron chi connectivity index (χ0n) is 50.0. The molecule has 0 aliphatic heterocycles. The molecule has 0 nitrogen and oxygen atoms in total. The van der Waals surface area contributed by atoms with Crippen LogP contribution in [0.15, 0.2) is 0 Å². The molecule has 0 N–H and O–H groups in total. The molecule has 0 bridgehead atoms. The van der Waals surface area contributed by atoms with Crippen molar-refractivity contribution >= 4 is 427 Å². The van der Waals surface area contributed by atoms with E-state index >= 15 is 0 Å². The Labute approximate surface area is 456 Å². The summed E-state index contributed by atoms with van der Waals surface area (Å²) in [7, 11) is 67.2. The molecule has 9 aromatic carbocycles. The van der Waals surface area contributed by atoms with Gasteiger partial charge in [0, 0.05) is 0 Å². The Morgan fingerprint density at radius 1 is 0.0833 bits per heavy atom. The first-order valence-corrected chi connectivity index (χ1v) is 27.0. The van der Waals surface area contributed by atoms with Crippen LogP contribution in [0.5, 0.6) is 0 Å². The lowest BCUT2D eigenvalue weighted by Gasteiger charge is -2.33. The van der Waals surface area contributed by atoms with E-state index in [1.807, 2.05) is 0 Å². The first-order valence-electron chi connectivity index (χ1n) is 27.0. The molecule has 0 aliphatic carbocycles. The first-order chi connectivity index (χ1) is 33.5. The molecule has 316 valence electrons. The van der Waals surface area contributed by atoms with Crippen LogP contribution >= 0.6 is 0 Å². The van der Waals surface area contributed by atoms with Crippen LogP contribution in [0.1, 0.15) is 0 Å².